The number of nitrogens with zero attached hydrogens (tertiary/aromatic N) is 1. The van der Waals surface area contributed by atoms with Crippen molar-refractivity contribution in [3.63, 3.8) is 0 Å². The van der Waals surface area contributed by atoms with Crippen LogP contribution in [0.5, 0.6) is 0 Å². The molecule has 2 aromatic carbocycles. The van der Waals surface area contributed by atoms with Crippen molar-refractivity contribution in [2.75, 3.05) is 12.8 Å². The fourth-order valence-electron chi connectivity index (χ4n) is 2.57. The number of nitrogens with one attached hydrogen (secondary N) is 1. The summed E-state index contributed by atoms with van der Waals surface area (Å²) >= 11 is 1.50. The number of benzene rings is 2. The number of aromatic nitrogens is 1. The maximum absolute atomic E-state index is 11.3. The Bertz CT molecular complexity index is 1060. The highest BCUT2D eigenvalue weighted by molar-refractivity contribution is 7.88. The van der Waals surface area contributed by atoms with Gasteiger partial charge in [-0.15, -0.1) is 11.3 Å². The predicted octanol–water partition coefficient (Wildman–Crippen LogP) is 2.67. The number of primary amides is 1. The smallest absolute Gasteiger partial charge is 0.248 e. The van der Waals surface area contributed by atoms with Crippen LogP contribution in [-0.4, -0.2) is 32.1 Å². The molecule has 0 radical (unpaired) electrons. The van der Waals surface area contributed by atoms with Crippen molar-refractivity contribution in [2.24, 2.45) is 5.73 Å². The van der Waals surface area contributed by atoms with E-state index in [0.29, 0.717) is 18.5 Å². The second-order valence-corrected chi connectivity index (χ2v) is 8.79. The molecule has 0 aliphatic heterocycles. The fraction of sp³-hybridized carbons (Fsp3) is 0.158. The molecule has 3 rings (SSSR count). The lowest BCUT2D eigenvalue weighted by Crippen LogP contribution is -2.24. The van der Waals surface area contributed by atoms with Crippen molar-refractivity contribution in [1.29, 1.82) is 0 Å². The van der Waals surface area contributed by atoms with Crippen LogP contribution in [0, 0.1) is 0 Å². The third-order valence-corrected chi connectivity index (χ3v) is 5.55. The normalized spacial score (nSPS) is 11.4. The summed E-state index contributed by atoms with van der Waals surface area (Å²) in [7, 11) is -3.17. The number of hydrogen-bond acceptors (Lipinski definition) is 5. The number of carbonyl (C=O) groups excluding carboxylic acids is 1. The first kappa shape index (κ1) is 19.2. The van der Waals surface area contributed by atoms with E-state index >= 15 is 0 Å². The zero-order valence-corrected chi connectivity index (χ0v) is 16.3. The van der Waals surface area contributed by atoms with E-state index in [1.807, 2.05) is 35.7 Å². The first-order valence-corrected chi connectivity index (χ1v) is 11.0. The summed E-state index contributed by atoms with van der Waals surface area (Å²) in [6.45, 7) is 0.370. The molecule has 3 N–H and O–H groups in total. The summed E-state index contributed by atoms with van der Waals surface area (Å²) in [5, 5.41) is 2.78. The largest absolute Gasteiger partial charge is 0.366 e. The highest BCUT2D eigenvalue weighted by atomic mass is 32.2. The number of rotatable bonds is 7. The van der Waals surface area contributed by atoms with Gasteiger partial charge in [-0.2, -0.15) is 0 Å². The lowest BCUT2D eigenvalue weighted by molar-refractivity contribution is 0.100. The third kappa shape index (κ3) is 5.22. The molecule has 8 heteroatoms. The van der Waals surface area contributed by atoms with Gasteiger partial charge >= 0.3 is 0 Å². The Kier molecular flexibility index (Phi) is 5.69. The van der Waals surface area contributed by atoms with E-state index < -0.39 is 15.9 Å². The molecule has 6 nitrogen and oxygen atoms in total. The molecule has 0 spiro atoms. The first-order chi connectivity index (χ1) is 12.8. The molecule has 1 amide bonds. The van der Waals surface area contributed by atoms with Gasteiger partial charge in [0.15, 0.2) is 0 Å². The van der Waals surface area contributed by atoms with E-state index in [2.05, 4.69) is 9.71 Å². The molecule has 140 valence electrons. The van der Waals surface area contributed by atoms with Crippen molar-refractivity contribution in [3.05, 3.63) is 65.0 Å². The molecule has 0 saturated carbocycles. The number of carbonyl (C=O) groups is 1. The van der Waals surface area contributed by atoms with Gasteiger partial charge in [0.25, 0.3) is 0 Å². The molecule has 3 aromatic rings. The van der Waals surface area contributed by atoms with Crippen LogP contribution in [0.25, 0.3) is 21.8 Å². The Balaban J connectivity index is 1.73. The van der Waals surface area contributed by atoms with E-state index in [1.165, 1.54) is 11.3 Å². The summed E-state index contributed by atoms with van der Waals surface area (Å²) in [6, 6.07) is 15.0. The van der Waals surface area contributed by atoms with E-state index in [9.17, 15) is 13.2 Å². The number of amides is 1. The maximum atomic E-state index is 11.3. The molecule has 1 heterocycles. The van der Waals surface area contributed by atoms with Crippen molar-refractivity contribution >= 4 is 27.3 Å². The zero-order valence-electron chi connectivity index (χ0n) is 14.7. The Morgan fingerprint density at radius 2 is 1.89 bits per heavy atom. The molecule has 0 aliphatic rings. The maximum Gasteiger partial charge on any atom is 0.248 e. The molecule has 0 bridgehead atoms. The van der Waals surface area contributed by atoms with Gasteiger partial charge < -0.3 is 5.73 Å². The van der Waals surface area contributed by atoms with E-state index in [-0.39, 0.29) is 0 Å². The minimum atomic E-state index is -3.17. The highest BCUT2D eigenvalue weighted by Gasteiger charge is 2.09. The Morgan fingerprint density at radius 3 is 2.56 bits per heavy atom. The lowest BCUT2D eigenvalue weighted by atomic mass is 10.1. The van der Waals surface area contributed by atoms with Crippen molar-refractivity contribution in [1.82, 2.24) is 9.71 Å². The van der Waals surface area contributed by atoms with E-state index in [4.69, 9.17) is 5.73 Å². The number of nitrogens with two attached hydrogens (primary N) is 1. The van der Waals surface area contributed by atoms with Crippen molar-refractivity contribution in [2.45, 2.75) is 6.42 Å². The van der Waals surface area contributed by atoms with Gasteiger partial charge in [-0.05, 0) is 24.1 Å². The molecule has 0 aliphatic carbocycles. The molecule has 27 heavy (non-hydrogen) atoms. The van der Waals surface area contributed by atoms with Crippen LogP contribution < -0.4 is 10.5 Å². The van der Waals surface area contributed by atoms with Crippen molar-refractivity contribution < 1.29 is 13.2 Å². The standard InChI is InChI=1S/C19H19N3O3S2/c1-27(24,25)21-10-9-13-5-7-14(8-6-13)17-12-26-19(22-17)16-4-2-3-15(11-16)18(20)23/h2-8,11-12,21H,9-10H2,1H3,(H2,20,23). The quantitative estimate of drug-likeness (QED) is 0.635. The Morgan fingerprint density at radius 1 is 1.15 bits per heavy atom. The Hall–Kier alpha value is -2.55. The molecule has 1 aromatic heterocycles. The lowest BCUT2D eigenvalue weighted by Gasteiger charge is -2.04. The van der Waals surface area contributed by atoms with Crippen LogP contribution in [0.1, 0.15) is 15.9 Å². The van der Waals surface area contributed by atoms with E-state index in [1.54, 1.807) is 18.2 Å². The SMILES string of the molecule is CS(=O)(=O)NCCc1ccc(-c2csc(-c3cccc(C(N)=O)c3)n2)cc1. The van der Waals surface area contributed by atoms with Crippen LogP contribution in [0.2, 0.25) is 0 Å². The average molecular weight is 402 g/mol. The van der Waals surface area contributed by atoms with Crippen LogP contribution in [0.4, 0.5) is 0 Å². The number of sulfonamides is 1. The van der Waals surface area contributed by atoms with Crippen molar-refractivity contribution in [3.8, 4) is 21.8 Å². The first-order valence-electron chi connectivity index (χ1n) is 8.21. The van der Waals surface area contributed by atoms with Gasteiger partial charge in [-0.3, -0.25) is 4.79 Å². The second-order valence-electron chi connectivity index (χ2n) is 6.10. The second kappa shape index (κ2) is 7.99. The number of thiazole rings is 1. The predicted molar refractivity (Wildman–Crippen MR) is 108 cm³/mol. The minimum absolute atomic E-state index is 0.370. The Labute approximate surface area is 162 Å². The van der Waals surface area contributed by atoms with Crippen LogP contribution in [0.15, 0.2) is 53.9 Å². The minimum Gasteiger partial charge on any atom is -0.366 e. The summed E-state index contributed by atoms with van der Waals surface area (Å²) in [4.78, 5) is 16.0. The molecule has 0 saturated heterocycles. The highest BCUT2D eigenvalue weighted by Crippen LogP contribution is 2.29. The third-order valence-electron chi connectivity index (χ3n) is 3.93. The van der Waals surface area contributed by atoms with E-state index in [0.717, 1.165) is 33.6 Å². The average Bonchev–Trinajstić information content (AvgIpc) is 3.11. The summed E-state index contributed by atoms with van der Waals surface area (Å²) < 4.78 is 24.7. The van der Waals surface area contributed by atoms with Crippen LogP contribution >= 0.6 is 11.3 Å². The molecule has 0 atom stereocenters. The van der Waals surface area contributed by atoms with Gasteiger partial charge in [0, 0.05) is 28.6 Å². The van der Waals surface area contributed by atoms with Gasteiger partial charge in [0.2, 0.25) is 15.9 Å². The topological polar surface area (TPSA) is 102 Å². The molecular weight excluding hydrogens is 382 g/mol. The summed E-state index contributed by atoms with van der Waals surface area (Å²) in [6.07, 6.45) is 1.77. The zero-order chi connectivity index (χ0) is 19.4. The molecule has 0 unspecified atom stereocenters. The van der Waals surface area contributed by atoms with Crippen LogP contribution in [0.3, 0.4) is 0 Å². The molecule has 0 fully saturated rings. The van der Waals surface area contributed by atoms with Gasteiger partial charge in [-0.25, -0.2) is 18.1 Å². The number of hydrogen-bond donors (Lipinski definition) is 2. The monoisotopic (exact) mass is 401 g/mol. The summed E-state index contributed by atoms with van der Waals surface area (Å²) in [5.41, 5.74) is 9.51. The van der Waals surface area contributed by atoms with Gasteiger partial charge in [0.05, 0.1) is 11.9 Å². The summed E-state index contributed by atoms with van der Waals surface area (Å²) in [5.74, 6) is -0.463. The van der Waals surface area contributed by atoms with Gasteiger partial charge in [-0.1, -0.05) is 36.4 Å². The fourth-order valence-corrected chi connectivity index (χ4v) is 3.87. The van der Waals surface area contributed by atoms with Gasteiger partial charge in [0.1, 0.15) is 5.01 Å². The molecular formula is C19H19N3O3S2. The van der Waals surface area contributed by atoms with Crippen LogP contribution in [-0.2, 0) is 16.4 Å².